The number of aliphatic imine (C=N–C) groups is 1. The van der Waals surface area contributed by atoms with E-state index in [1.807, 2.05) is 0 Å². The highest BCUT2D eigenvalue weighted by Gasteiger charge is 2.27. The average Bonchev–Trinajstić information content (AvgIpc) is 3.29. The number of rotatable bonds is 8. The van der Waals surface area contributed by atoms with Crippen molar-refractivity contribution >= 4 is 47.2 Å². The largest absolute Gasteiger partial charge is 0.373 e. The molecule has 3 rings (SSSR count). The van der Waals surface area contributed by atoms with Crippen molar-refractivity contribution in [2.45, 2.75) is 32.3 Å². The number of hydrogen-bond acceptors (Lipinski definition) is 4. The number of aryl methyl sites for hydroxylation is 1. The van der Waals surface area contributed by atoms with E-state index in [9.17, 15) is 4.79 Å². The number of amides is 1. The molecule has 0 aliphatic carbocycles. The van der Waals surface area contributed by atoms with Crippen molar-refractivity contribution < 1.29 is 9.53 Å². The van der Waals surface area contributed by atoms with Gasteiger partial charge in [0.05, 0.1) is 6.10 Å². The number of likely N-dealkylation sites (N-methyl/N-ethyl adjacent to an activating group) is 1. The second-order valence-electron chi connectivity index (χ2n) is 8.19. The van der Waals surface area contributed by atoms with Crippen LogP contribution in [0.5, 0.6) is 0 Å². The zero-order valence-corrected chi connectivity index (χ0v) is 22.3. The first-order valence-electron chi connectivity index (χ1n) is 11.0. The first-order chi connectivity index (χ1) is 15.0. The van der Waals surface area contributed by atoms with E-state index in [0.29, 0.717) is 11.9 Å². The van der Waals surface area contributed by atoms with Gasteiger partial charge in [0.25, 0.3) is 0 Å². The zero-order chi connectivity index (χ0) is 22.1. The minimum absolute atomic E-state index is 0. The third kappa shape index (κ3) is 8.37. The molecule has 2 aromatic rings. The van der Waals surface area contributed by atoms with E-state index in [2.05, 4.69) is 64.3 Å². The fourth-order valence-electron chi connectivity index (χ4n) is 3.63. The molecule has 32 heavy (non-hydrogen) atoms. The van der Waals surface area contributed by atoms with Crippen molar-refractivity contribution in [3.63, 3.8) is 0 Å². The molecular weight excluding hydrogens is 535 g/mol. The highest BCUT2D eigenvalue weighted by Crippen LogP contribution is 2.33. The van der Waals surface area contributed by atoms with Crippen molar-refractivity contribution in [2.24, 2.45) is 10.9 Å². The van der Waals surface area contributed by atoms with Crippen LogP contribution in [0.15, 0.2) is 46.8 Å². The van der Waals surface area contributed by atoms with Crippen LogP contribution in [0.1, 0.15) is 34.9 Å². The first-order valence-corrected chi connectivity index (χ1v) is 11.8. The fraction of sp³-hybridized carbons (Fsp3) is 0.500. The van der Waals surface area contributed by atoms with Crippen LogP contribution in [0, 0.1) is 12.8 Å². The van der Waals surface area contributed by atoms with Gasteiger partial charge in [-0.1, -0.05) is 35.9 Å². The molecule has 8 heteroatoms. The Morgan fingerprint density at radius 3 is 2.69 bits per heavy atom. The number of thiophene rings is 1. The quantitative estimate of drug-likeness (QED) is 0.286. The van der Waals surface area contributed by atoms with Crippen molar-refractivity contribution in [1.82, 2.24) is 15.5 Å². The Labute approximate surface area is 212 Å². The van der Waals surface area contributed by atoms with Crippen LogP contribution in [0.25, 0.3) is 0 Å². The predicted octanol–water partition coefficient (Wildman–Crippen LogP) is 4.01. The Hall–Kier alpha value is -1.65. The standard InChI is InChI=1S/C24H34N4O2S.HI/c1-18-8-10-19(11-9-18)23-20(6-4-14-30-23)16-26-24(27-17-22(29)28(2)3)25-13-12-21-7-5-15-31-21;/h5,7-11,15,20,23H,4,6,12-14,16-17H2,1-3H3,(H2,25,26,27);1H. The monoisotopic (exact) mass is 570 g/mol. The van der Waals surface area contributed by atoms with Crippen LogP contribution >= 0.6 is 35.3 Å². The highest BCUT2D eigenvalue weighted by molar-refractivity contribution is 14.0. The van der Waals surface area contributed by atoms with E-state index in [0.717, 1.165) is 39.0 Å². The second kappa shape index (κ2) is 13.8. The van der Waals surface area contributed by atoms with Crippen LogP contribution in [0.2, 0.25) is 0 Å². The maximum Gasteiger partial charge on any atom is 0.243 e. The summed E-state index contributed by atoms with van der Waals surface area (Å²) in [6.07, 6.45) is 3.17. The summed E-state index contributed by atoms with van der Waals surface area (Å²) < 4.78 is 6.15. The number of guanidine groups is 1. The number of carbonyl (C=O) groups is 1. The Balaban J connectivity index is 0.00000363. The van der Waals surface area contributed by atoms with Gasteiger partial charge in [-0.25, -0.2) is 4.99 Å². The molecule has 1 fully saturated rings. The Morgan fingerprint density at radius 1 is 1.22 bits per heavy atom. The summed E-state index contributed by atoms with van der Waals surface area (Å²) in [7, 11) is 3.50. The summed E-state index contributed by atoms with van der Waals surface area (Å²) >= 11 is 1.75. The van der Waals surface area contributed by atoms with Crippen LogP contribution in [0.3, 0.4) is 0 Å². The number of hydrogen-bond donors (Lipinski definition) is 2. The van der Waals surface area contributed by atoms with Gasteiger partial charge < -0.3 is 20.3 Å². The van der Waals surface area contributed by atoms with E-state index < -0.39 is 0 Å². The molecular formula is C24H35IN4O2S. The second-order valence-corrected chi connectivity index (χ2v) is 9.23. The van der Waals surface area contributed by atoms with Crippen LogP contribution < -0.4 is 10.6 Å². The molecule has 1 aliphatic rings. The van der Waals surface area contributed by atoms with Crippen LogP contribution in [0.4, 0.5) is 0 Å². The molecule has 0 radical (unpaired) electrons. The van der Waals surface area contributed by atoms with Gasteiger partial charge in [-0.2, -0.15) is 0 Å². The number of benzene rings is 1. The average molecular weight is 571 g/mol. The summed E-state index contributed by atoms with van der Waals surface area (Å²) in [6.45, 7) is 4.55. The number of nitrogens with zero attached hydrogens (tertiary/aromatic N) is 2. The number of halogens is 1. The topological polar surface area (TPSA) is 66.0 Å². The summed E-state index contributed by atoms with van der Waals surface area (Å²) in [5.41, 5.74) is 2.48. The van der Waals surface area contributed by atoms with Crippen LogP contribution in [-0.4, -0.2) is 57.1 Å². The lowest BCUT2D eigenvalue weighted by molar-refractivity contribution is -0.127. The van der Waals surface area contributed by atoms with Gasteiger partial charge in [0.15, 0.2) is 5.96 Å². The molecule has 0 spiro atoms. The van der Waals surface area contributed by atoms with E-state index in [4.69, 9.17) is 4.74 Å². The number of carbonyl (C=O) groups excluding carboxylic acids is 1. The van der Waals surface area contributed by atoms with Crippen molar-refractivity contribution in [2.75, 3.05) is 40.3 Å². The number of ether oxygens (including phenoxy) is 1. The third-order valence-corrected chi connectivity index (χ3v) is 6.43. The summed E-state index contributed by atoms with van der Waals surface area (Å²) in [5, 5.41) is 8.94. The molecule has 1 saturated heterocycles. The van der Waals surface area contributed by atoms with Gasteiger partial charge in [0.1, 0.15) is 6.54 Å². The zero-order valence-electron chi connectivity index (χ0n) is 19.2. The molecule has 0 bridgehead atoms. The van der Waals surface area contributed by atoms with Crippen LogP contribution in [-0.2, 0) is 16.0 Å². The molecule has 1 amide bonds. The van der Waals surface area contributed by atoms with E-state index >= 15 is 0 Å². The van der Waals surface area contributed by atoms with Crippen molar-refractivity contribution in [1.29, 1.82) is 0 Å². The Kier molecular flexibility index (Phi) is 11.5. The molecule has 2 heterocycles. The van der Waals surface area contributed by atoms with Gasteiger partial charge in [0, 0.05) is 44.6 Å². The summed E-state index contributed by atoms with van der Waals surface area (Å²) in [4.78, 5) is 19.4. The fourth-order valence-corrected chi connectivity index (χ4v) is 4.33. The van der Waals surface area contributed by atoms with Gasteiger partial charge in [0.2, 0.25) is 5.91 Å². The minimum atomic E-state index is -0.0158. The number of nitrogens with one attached hydrogen (secondary N) is 2. The lowest BCUT2D eigenvalue weighted by Gasteiger charge is -2.32. The van der Waals surface area contributed by atoms with Gasteiger partial charge in [-0.15, -0.1) is 35.3 Å². The first kappa shape index (κ1) is 26.6. The van der Waals surface area contributed by atoms with Gasteiger partial charge in [-0.3, -0.25) is 4.79 Å². The SMILES string of the molecule is Cc1ccc(C2OCCCC2CNC(=NCC(=O)N(C)C)NCCc2cccs2)cc1.I. The predicted molar refractivity (Wildman–Crippen MR) is 143 cm³/mol. The smallest absolute Gasteiger partial charge is 0.243 e. The highest BCUT2D eigenvalue weighted by atomic mass is 127. The molecule has 1 aliphatic heterocycles. The maximum atomic E-state index is 12.0. The Morgan fingerprint density at radius 2 is 2.00 bits per heavy atom. The molecule has 1 aromatic carbocycles. The molecule has 2 N–H and O–H groups in total. The summed E-state index contributed by atoms with van der Waals surface area (Å²) in [5.74, 6) is 1.02. The van der Waals surface area contributed by atoms with E-state index in [1.165, 1.54) is 16.0 Å². The van der Waals surface area contributed by atoms with Crippen molar-refractivity contribution in [3.8, 4) is 0 Å². The summed E-state index contributed by atoms with van der Waals surface area (Å²) in [6, 6.07) is 12.8. The third-order valence-electron chi connectivity index (χ3n) is 5.50. The van der Waals surface area contributed by atoms with Gasteiger partial charge in [-0.05, 0) is 43.2 Å². The normalized spacial score (nSPS) is 18.5. The van der Waals surface area contributed by atoms with E-state index in [1.54, 1.807) is 30.3 Å². The van der Waals surface area contributed by atoms with Crippen molar-refractivity contribution in [3.05, 3.63) is 57.8 Å². The molecule has 1 aromatic heterocycles. The molecule has 6 nitrogen and oxygen atoms in total. The molecule has 2 atom stereocenters. The molecule has 176 valence electrons. The maximum absolute atomic E-state index is 12.0. The lowest BCUT2D eigenvalue weighted by Crippen LogP contribution is -2.43. The Bertz CT molecular complexity index is 840. The molecule has 2 unspecified atom stereocenters. The van der Waals surface area contributed by atoms with Gasteiger partial charge >= 0.3 is 0 Å². The lowest BCUT2D eigenvalue weighted by atomic mass is 9.89. The minimum Gasteiger partial charge on any atom is -0.373 e. The van der Waals surface area contributed by atoms with E-state index in [-0.39, 0.29) is 42.5 Å². The molecule has 0 saturated carbocycles.